The number of nitrogens with two attached hydrogens (primary N) is 1. The van der Waals surface area contributed by atoms with Gasteiger partial charge < -0.3 is 0 Å². The van der Waals surface area contributed by atoms with Crippen molar-refractivity contribution in [3.05, 3.63) is 0 Å². The van der Waals surface area contributed by atoms with E-state index < -0.39 is 0 Å². The van der Waals surface area contributed by atoms with Crippen LogP contribution in [0.25, 0.3) is 0 Å². The molecule has 0 bridgehead atoms. The lowest BCUT2D eigenvalue weighted by molar-refractivity contribution is 0.669. The second kappa shape index (κ2) is 5.12. The molecule has 0 radical (unpaired) electrons. The Bertz CT molecular complexity index is 100. The van der Waals surface area contributed by atoms with E-state index in [0.29, 0.717) is 0 Å². The van der Waals surface area contributed by atoms with Crippen LogP contribution >= 0.6 is 15.9 Å². The van der Waals surface area contributed by atoms with E-state index in [1.54, 1.807) is 0 Å². The molecule has 2 nitrogen and oxygen atoms in total. The Labute approximate surface area is 77.0 Å². The fraction of sp³-hybridized carbons (Fsp3) is 1.00. The first kappa shape index (κ1) is 9.49. The fourth-order valence-corrected chi connectivity index (χ4v) is 1.41. The van der Waals surface area contributed by atoms with Gasteiger partial charge in [0.15, 0.2) is 0 Å². The maximum atomic E-state index is 5.02. The highest BCUT2D eigenvalue weighted by molar-refractivity contribution is 9.09. The Morgan fingerprint density at radius 3 is 1.82 bits per heavy atom. The number of hydrogen-bond donors (Lipinski definition) is 2. The van der Waals surface area contributed by atoms with E-state index in [1.165, 1.54) is 31.0 Å². The molecule has 0 unspecified atom stereocenters. The molecule has 0 atom stereocenters. The molecule has 0 spiro atoms. The third-order valence-corrected chi connectivity index (χ3v) is 2.93. The van der Waals surface area contributed by atoms with E-state index >= 15 is 0 Å². The van der Waals surface area contributed by atoms with E-state index in [1.807, 2.05) is 0 Å². The minimum atomic E-state index is 0.912. The van der Waals surface area contributed by atoms with Gasteiger partial charge in [0.1, 0.15) is 0 Å². The molecule has 0 aromatic carbocycles. The molecular formula is C8H17BrN2. The summed E-state index contributed by atoms with van der Waals surface area (Å²) >= 11 is 3.38. The Morgan fingerprint density at radius 1 is 1.18 bits per heavy atom. The number of hydrazine groups is 1. The van der Waals surface area contributed by atoms with Crippen molar-refractivity contribution in [2.24, 2.45) is 17.7 Å². The summed E-state index contributed by atoms with van der Waals surface area (Å²) in [4.78, 5) is 0. The van der Waals surface area contributed by atoms with Crippen LogP contribution in [0.3, 0.4) is 0 Å². The van der Waals surface area contributed by atoms with Crippen molar-refractivity contribution in [3.8, 4) is 0 Å². The third kappa shape index (κ3) is 5.65. The van der Waals surface area contributed by atoms with Crippen LogP contribution in [0, 0.1) is 11.8 Å². The van der Waals surface area contributed by atoms with Crippen molar-refractivity contribution in [1.29, 1.82) is 0 Å². The summed E-state index contributed by atoms with van der Waals surface area (Å²) in [5.41, 5.74) is 2.63. The SMILES string of the molecule is BrCC1CC1.NNCC1CC1. The quantitative estimate of drug-likeness (QED) is 0.432. The summed E-state index contributed by atoms with van der Waals surface area (Å²) in [6, 6.07) is 0. The Balaban J connectivity index is 0.000000112. The summed E-state index contributed by atoms with van der Waals surface area (Å²) in [5, 5.41) is 1.23. The number of rotatable bonds is 3. The van der Waals surface area contributed by atoms with Gasteiger partial charge in [0, 0.05) is 11.9 Å². The zero-order chi connectivity index (χ0) is 8.10. The molecular weight excluding hydrogens is 204 g/mol. The maximum Gasteiger partial charge on any atom is 0.0126 e. The topological polar surface area (TPSA) is 38.0 Å². The summed E-state index contributed by atoms with van der Waals surface area (Å²) in [7, 11) is 0. The Hall–Kier alpha value is 0.400. The number of halogens is 1. The van der Waals surface area contributed by atoms with Crippen molar-refractivity contribution >= 4 is 15.9 Å². The molecule has 0 aliphatic heterocycles. The molecule has 0 saturated heterocycles. The standard InChI is InChI=1S/C4H7Br.C4H10N2/c5-3-4-1-2-4;5-6-3-4-1-2-4/h4H,1-3H2;4,6H,1-3,5H2. The monoisotopic (exact) mass is 220 g/mol. The minimum Gasteiger partial charge on any atom is -0.271 e. The Morgan fingerprint density at radius 2 is 1.73 bits per heavy atom. The van der Waals surface area contributed by atoms with E-state index in [2.05, 4.69) is 21.4 Å². The van der Waals surface area contributed by atoms with E-state index in [-0.39, 0.29) is 0 Å². The van der Waals surface area contributed by atoms with Gasteiger partial charge in [-0.3, -0.25) is 11.3 Å². The molecule has 0 aromatic heterocycles. The molecule has 0 aromatic rings. The summed E-state index contributed by atoms with van der Waals surface area (Å²) in [5.74, 6) is 6.98. The van der Waals surface area contributed by atoms with Crippen LogP contribution in [0.5, 0.6) is 0 Å². The van der Waals surface area contributed by atoms with E-state index in [4.69, 9.17) is 5.84 Å². The lowest BCUT2D eigenvalue weighted by Gasteiger charge is -1.87. The lowest BCUT2D eigenvalue weighted by Crippen LogP contribution is -2.23. The number of hydrogen-bond acceptors (Lipinski definition) is 2. The molecule has 0 amide bonds. The molecule has 3 N–H and O–H groups in total. The number of alkyl halides is 1. The highest BCUT2D eigenvalue weighted by atomic mass is 79.9. The van der Waals surface area contributed by atoms with Crippen molar-refractivity contribution in [3.63, 3.8) is 0 Å². The second-order valence-corrected chi connectivity index (χ2v) is 4.10. The van der Waals surface area contributed by atoms with Crippen molar-refractivity contribution in [2.45, 2.75) is 25.7 Å². The third-order valence-electron chi connectivity index (χ3n) is 2.02. The fourth-order valence-electron chi connectivity index (χ4n) is 0.761. The van der Waals surface area contributed by atoms with Gasteiger partial charge in [-0.25, -0.2) is 0 Å². The maximum absolute atomic E-state index is 5.02. The zero-order valence-electron chi connectivity index (χ0n) is 6.85. The summed E-state index contributed by atoms with van der Waals surface area (Å²) in [6.45, 7) is 1.01. The van der Waals surface area contributed by atoms with Gasteiger partial charge in [0.2, 0.25) is 0 Å². The molecule has 2 saturated carbocycles. The highest BCUT2D eigenvalue weighted by Crippen LogP contribution is 2.30. The molecule has 2 aliphatic carbocycles. The largest absolute Gasteiger partial charge is 0.271 e. The summed E-state index contributed by atoms with van der Waals surface area (Å²) < 4.78 is 0. The molecule has 2 aliphatic rings. The van der Waals surface area contributed by atoms with E-state index in [9.17, 15) is 0 Å². The van der Waals surface area contributed by atoms with Crippen LogP contribution in [-0.4, -0.2) is 11.9 Å². The van der Waals surface area contributed by atoms with Crippen LogP contribution in [0.4, 0.5) is 0 Å². The van der Waals surface area contributed by atoms with Crippen LogP contribution in [0.15, 0.2) is 0 Å². The number of nitrogens with one attached hydrogen (secondary N) is 1. The van der Waals surface area contributed by atoms with Crippen molar-refractivity contribution in [1.82, 2.24) is 5.43 Å². The predicted octanol–water partition coefficient (Wildman–Crippen LogP) is 1.65. The second-order valence-electron chi connectivity index (χ2n) is 3.45. The average Bonchev–Trinajstić information content (AvgIpc) is 2.87. The van der Waals surface area contributed by atoms with E-state index in [0.717, 1.165) is 18.4 Å². The van der Waals surface area contributed by atoms with Gasteiger partial charge in [-0.1, -0.05) is 15.9 Å². The first-order chi connectivity index (χ1) is 5.36. The van der Waals surface area contributed by atoms with Gasteiger partial charge in [0.05, 0.1) is 0 Å². The molecule has 66 valence electrons. The van der Waals surface area contributed by atoms with Gasteiger partial charge in [-0.2, -0.15) is 0 Å². The summed E-state index contributed by atoms with van der Waals surface area (Å²) in [6.07, 6.45) is 5.69. The molecule has 2 rings (SSSR count). The Kier molecular flexibility index (Phi) is 4.41. The minimum absolute atomic E-state index is 0.912. The normalized spacial score (nSPS) is 22.4. The van der Waals surface area contributed by atoms with Crippen LogP contribution in [0.2, 0.25) is 0 Å². The van der Waals surface area contributed by atoms with Gasteiger partial charge in [0.25, 0.3) is 0 Å². The average molecular weight is 221 g/mol. The van der Waals surface area contributed by atoms with Gasteiger partial charge in [-0.15, -0.1) is 0 Å². The van der Waals surface area contributed by atoms with Gasteiger partial charge >= 0.3 is 0 Å². The first-order valence-corrected chi connectivity index (χ1v) is 5.48. The highest BCUT2D eigenvalue weighted by Gasteiger charge is 2.19. The molecule has 2 fully saturated rings. The van der Waals surface area contributed by atoms with Crippen molar-refractivity contribution in [2.75, 3.05) is 11.9 Å². The van der Waals surface area contributed by atoms with Crippen molar-refractivity contribution < 1.29 is 0 Å². The first-order valence-electron chi connectivity index (χ1n) is 4.36. The van der Waals surface area contributed by atoms with Crippen LogP contribution < -0.4 is 11.3 Å². The predicted molar refractivity (Wildman–Crippen MR) is 51.4 cm³/mol. The van der Waals surface area contributed by atoms with Crippen LogP contribution in [0.1, 0.15) is 25.7 Å². The molecule has 3 heteroatoms. The smallest absolute Gasteiger partial charge is 0.0126 e. The van der Waals surface area contributed by atoms with Gasteiger partial charge in [-0.05, 0) is 37.5 Å². The zero-order valence-corrected chi connectivity index (χ0v) is 8.44. The molecule has 0 heterocycles. The molecule has 11 heavy (non-hydrogen) atoms. The van der Waals surface area contributed by atoms with Crippen LogP contribution in [-0.2, 0) is 0 Å². The lowest BCUT2D eigenvalue weighted by atomic mass is 10.4.